The number of benzene rings is 2. The number of rotatable bonds is 7. The first-order chi connectivity index (χ1) is 17.1. The number of aryl methyl sites for hydroxylation is 2. The molecule has 0 saturated carbocycles. The van der Waals surface area contributed by atoms with E-state index >= 15 is 0 Å². The molecule has 0 aliphatic carbocycles. The minimum atomic E-state index is -3.91. The Bertz CT molecular complexity index is 1430. The van der Waals surface area contributed by atoms with Gasteiger partial charge in [0.05, 0.1) is 12.7 Å². The zero-order valence-corrected chi connectivity index (χ0v) is 20.4. The van der Waals surface area contributed by atoms with E-state index in [0.717, 1.165) is 0 Å². The maximum Gasteiger partial charge on any atom is 0.328 e. The van der Waals surface area contributed by atoms with Crippen molar-refractivity contribution in [3.8, 4) is 5.75 Å². The normalized spacial score (nSPS) is 13.8. The van der Waals surface area contributed by atoms with Crippen molar-refractivity contribution in [1.29, 1.82) is 0 Å². The second kappa shape index (κ2) is 9.70. The Morgan fingerprint density at radius 2 is 1.81 bits per heavy atom. The van der Waals surface area contributed by atoms with Crippen LogP contribution in [0.3, 0.4) is 0 Å². The van der Waals surface area contributed by atoms with Gasteiger partial charge in [-0.3, -0.25) is 24.5 Å². The van der Waals surface area contributed by atoms with Gasteiger partial charge in [-0.25, -0.2) is 13.2 Å². The molecule has 4 rings (SSSR count). The van der Waals surface area contributed by atoms with Gasteiger partial charge in [0.1, 0.15) is 11.4 Å². The number of sulfonamides is 1. The first-order valence-corrected chi connectivity index (χ1v) is 12.2. The summed E-state index contributed by atoms with van der Waals surface area (Å²) in [6, 6.07) is 10.1. The monoisotopic (exact) mass is 513 g/mol. The van der Waals surface area contributed by atoms with Gasteiger partial charge < -0.3 is 14.6 Å². The second-order valence-corrected chi connectivity index (χ2v) is 9.55. The molecule has 3 N–H and O–H groups in total. The third-order valence-corrected chi connectivity index (χ3v) is 7.05. The van der Waals surface area contributed by atoms with Crippen molar-refractivity contribution in [3.63, 3.8) is 0 Å². The van der Waals surface area contributed by atoms with Gasteiger partial charge >= 0.3 is 6.03 Å². The molecule has 1 fully saturated rings. The molecule has 2 heterocycles. The Morgan fingerprint density at radius 1 is 1.11 bits per heavy atom. The number of ether oxygens (including phenoxy) is 1. The molecule has 0 radical (unpaired) electrons. The van der Waals surface area contributed by atoms with Crippen molar-refractivity contribution in [3.05, 3.63) is 59.5 Å². The van der Waals surface area contributed by atoms with Gasteiger partial charge in [0.2, 0.25) is 5.91 Å². The van der Waals surface area contributed by atoms with Gasteiger partial charge in [0, 0.05) is 30.0 Å². The lowest BCUT2D eigenvalue weighted by molar-refractivity contribution is -0.120. The molecule has 1 aromatic heterocycles. The van der Waals surface area contributed by atoms with E-state index in [2.05, 4.69) is 20.5 Å². The van der Waals surface area contributed by atoms with Crippen molar-refractivity contribution in [2.75, 3.05) is 28.6 Å². The van der Waals surface area contributed by atoms with Crippen LogP contribution in [0.4, 0.5) is 21.9 Å². The average molecular weight is 514 g/mol. The smallest absolute Gasteiger partial charge is 0.328 e. The molecule has 0 bridgehead atoms. The lowest BCUT2D eigenvalue weighted by Gasteiger charge is -2.27. The molecule has 1 aliphatic heterocycles. The first-order valence-electron chi connectivity index (χ1n) is 10.8. The molecule has 0 spiro atoms. The zero-order chi connectivity index (χ0) is 26.0. The molecule has 0 unspecified atom stereocenters. The molecule has 13 heteroatoms. The summed E-state index contributed by atoms with van der Waals surface area (Å²) in [5.41, 5.74) is 1.51. The van der Waals surface area contributed by atoms with E-state index in [4.69, 9.17) is 9.26 Å². The van der Waals surface area contributed by atoms with E-state index in [9.17, 15) is 22.8 Å². The van der Waals surface area contributed by atoms with Crippen LogP contribution >= 0.6 is 0 Å². The van der Waals surface area contributed by atoms with Crippen LogP contribution in [0, 0.1) is 13.8 Å². The zero-order valence-electron chi connectivity index (χ0n) is 19.6. The summed E-state index contributed by atoms with van der Waals surface area (Å²) in [5, 5.41) is 8.63. The van der Waals surface area contributed by atoms with E-state index in [1.807, 2.05) is 0 Å². The highest BCUT2D eigenvalue weighted by molar-refractivity contribution is 7.92. The lowest BCUT2D eigenvalue weighted by atomic mass is 10.1. The third kappa shape index (κ3) is 5.00. The molecule has 1 saturated heterocycles. The van der Waals surface area contributed by atoms with Crippen molar-refractivity contribution in [2.45, 2.75) is 25.2 Å². The third-order valence-electron chi connectivity index (χ3n) is 5.42. The molecule has 36 heavy (non-hydrogen) atoms. The number of hydrogen-bond acceptors (Lipinski definition) is 8. The number of carbonyl (C=O) groups excluding carboxylic acids is 3. The summed E-state index contributed by atoms with van der Waals surface area (Å²) in [6.45, 7) is 3.22. The summed E-state index contributed by atoms with van der Waals surface area (Å²) >= 11 is 0. The SMILES string of the molecule is COc1ccc(N2CCC(=O)NC2=O)cc1C(=O)Nc1ccc(NS(=O)(=O)c2c(C)noc2C)cc1. The highest BCUT2D eigenvalue weighted by Gasteiger charge is 2.26. The fourth-order valence-corrected chi connectivity index (χ4v) is 5.13. The summed E-state index contributed by atoms with van der Waals surface area (Å²) in [7, 11) is -2.50. The standard InChI is InChI=1S/C23H23N5O7S/c1-13-21(14(2)35-26-13)36(32,33)27-16-6-4-15(5-7-16)24-22(30)18-12-17(8-9-19(18)34-3)28-11-10-20(29)25-23(28)31/h4-9,12,27H,10-11H2,1-3H3,(H,24,30)(H,25,29,31). The maximum absolute atomic E-state index is 13.0. The highest BCUT2D eigenvalue weighted by Crippen LogP contribution is 2.28. The molecular weight excluding hydrogens is 490 g/mol. The van der Waals surface area contributed by atoms with E-state index in [-0.39, 0.29) is 52.2 Å². The predicted molar refractivity (Wildman–Crippen MR) is 130 cm³/mol. The van der Waals surface area contributed by atoms with Crippen LogP contribution in [0.25, 0.3) is 0 Å². The van der Waals surface area contributed by atoms with Crippen molar-refractivity contribution in [1.82, 2.24) is 10.5 Å². The molecule has 4 amide bonds. The quantitative estimate of drug-likeness (QED) is 0.435. The predicted octanol–water partition coefficient (Wildman–Crippen LogP) is 2.80. The lowest BCUT2D eigenvalue weighted by Crippen LogP contribution is -2.49. The summed E-state index contributed by atoms with van der Waals surface area (Å²) in [5.74, 6) is -0.409. The molecule has 188 valence electrons. The second-order valence-electron chi connectivity index (χ2n) is 7.93. The van der Waals surface area contributed by atoms with Crippen LogP contribution < -0.4 is 25.0 Å². The Hall–Kier alpha value is -4.39. The Morgan fingerprint density at radius 3 is 2.42 bits per heavy atom. The minimum Gasteiger partial charge on any atom is -0.496 e. The minimum absolute atomic E-state index is 0.0291. The Labute approximate surface area is 206 Å². The molecule has 0 atom stereocenters. The molecule has 2 aromatic carbocycles. The number of aromatic nitrogens is 1. The van der Waals surface area contributed by atoms with Gasteiger partial charge in [-0.2, -0.15) is 0 Å². The number of nitrogens with one attached hydrogen (secondary N) is 3. The Kier molecular flexibility index (Phi) is 6.66. The van der Waals surface area contributed by atoms with Crippen molar-refractivity contribution >= 4 is 44.9 Å². The molecular formula is C23H23N5O7S. The molecule has 12 nitrogen and oxygen atoms in total. The molecule has 3 aromatic rings. The van der Waals surface area contributed by atoms with Gasteiger partial charge in [-0.1, -0.05) is 5.16 Å². The summed E-state index contributed by atoms with van der Waals surface area (Å²) < 4.78 is 38.0. The summed E-state index contributed by atoms with van der Waals surface area (Å²) in [6.07, 6.45) is 0.144. The Balaban J connectivity index is 1.50. The van der Waals surface area contributed by atoms with E-state index in [1.165, 1.54) is 56.2 Å². The van der Waals surface area contributed by atoms with Crippen LogP contribution in [-0.2, 0) is 14.8 Å². The van der Waals surface area contributed by atoms with Crippen molar-refractivity contribution < 1.29 is 32.1 Å². The number of nitrogens with zero attached hydrogens (tertiary/aromatic N) is 2. The topological polar surface area (TPSA) is 160 Å². The summed E-state index contributed by atoms with van der Waals surface area (Å²) in [4.78, 5) is 38.0. The number of carbonyl (C=O) groups is 3. The van der Waals surface area contributed by atoms with Crippen LogP contribution in [0.15, 0.2) is 51.9 Å². The number of anilines is 3. The number of hydrogen-bond donors (Lipinski definition) is 3. The van der Waals surface area contributed by atoms with Crippen LogP contribution in [0.2, 0.25) is 0 Å². The largest absolute Gasteiger partial charge is 0.496 e. The number of urea groups is 1. The highest BCUT2D eigenvalue weighted by atomic mass is 32.2. The fraction of sp³-hybridized carbons (Fsp3) is 0.217. The number of methoxy groups -OCH3 is 1. The van der Waals surface area contributed by atoms with Gasteiger partial charge in [0.25, 0.3) is 15.9 Å². The number of amides is 4. The van der Waals surface area contributed by atoms with Crippen LogP contribution in [-0.4, -0.2) is 45.1 Å². The van der Waals surface area contributed by atoms with Gasteiger partial charge in [0.15, 0.2) is 10.7 Å². The van der Waals surface area contributed by atoms with Crippen molar-refractivity contribution in [2.24, 2.45) is 0 Å². The first kappa shape index (κ1) is 24.7. The average Bonchev–Trinajstić information content (AvgIpc) is 3.18. The van der Waals surface area contributed by atoms with E-state index in [1.54, 1.807) is 12.1 Å². The van der Waals surface area contributed by atoms with E-state index in [0.29, 0.717) is 11.4 Å². The molecule has 1 aliphatic rings. The van der Waals surface area contributed by atoms with Crippen LogP contribution in [0.5, 0.6) is 5.75 Å². The van der Waals surface area contributed by atoms with Gasteiger partial charge in [-0.05, 0) is 56.3 Å². The maximum atomic E-state index is 13.0. The fourth-order valence-electron chi connectivity index (χ4n) is 3.74. The number of imide groups is 1. The van der Waals surface area contributed by atoms with Crippen LogP contribution in [0.1, 0.15) is 28.2 Å². The van der Waals surface area contributed by atoms with Gasteiger partial charge in [-0.15, -0.1) is 0 Å². The van der Waals surface area contributed by atoms with E-state index < -0.39 is 22.0 Å².